The van der Waals surface area contributed by atoms with Gasteiger partial charge in [0, 0.05) is 11.8 Å². The van der Waals surface area contributed by atoms with E-state index in [4.69, 9.17) is 11.6 Å². The van der Waals surface area contributed by atoms with Crippen molar-refractivity contribution in [3.05, 3.63) is 22.9 Å². The van der Waals surface area contributed by atoms with Gasteiger partial charge in [-0.2, -0.15) is 19.5 Å². The summed E-state index contributed by atoms with van der Waals surface area (Å²) in [4.78, 5) is 7.21. The summed E-state index contributed by atoms with van der Waals surface area (Å²) < 4.78 is 39.2. The summed E-state index contributed by atoms with van der Waals surface area (Å²) in [5.74, 6) is -1.69. The lowest BCUT2D eigenvalue weighted by atomic mass is 10.4. The van der Waals surface area contributed by atoms with Crippen LogP contribution >= 0.6 is 11.6 Å². The third-order valence-electron chi connectivity index (χ3n) is 2.41. The summed E-state index contributed by atoms with van der Waals surface area (Å²) in [5, 5.41) is 8.80. The van der Waals surface area contributed by atoms with Crippen LogP contribution in [0.2, 0.25) is 5.28 Å². The molecule has 2 aromatic rings. The van der Waals surface area contributed by atoms with Gasteiger partial charge in [-0.3, -0.25) is 9.82 Å². The van der Waals surface area contributed by atoms with Gasteiger partial charge in [0.1, 0.15) is 0 Å². The highest BCUT2D eigenvalue weighted by atomic mass is 35.5. The van der Waals surface area contributed by atoms with Gasteiger partial charge in [-0.15, -0.1) is 0 Å². The number of halogens is 2. The van der Waals surface area contributed by atoms with Gasteiger partial charge >= 0.3 is 0 Å². The van der Waals surface area contributed by atoms with E-state index in [9.17, 15) is 12.8 Å². The average Bonchev–Trinajstić information content (AvgIpc) is 2.80. The zero-order valence-electron chi connectivity index (χ0n) is 11.1. The van der Waals surface area contributed by atoms with E-state index >= 15 is 0 Å². The highest BCUT2D eigenvalue weighted by Gasteiger charge is 2.18. The van der Waals surface area contributed by atoms with Gasteiger partial charge in [-0.05, 0) is 25.4 Å². The molecule has 0 bridgehead atoms. The monoisotopic (exact) mass is 334 g/mol. The first kappa shape index (κ1) is 15.4. The van der Waals surface area contributed by atoms with E-state index < -0.39 is 21.7 Å². The Morgan fingerprint density at radius 3 is 2.62 bits per heavy atom. The van der Waals surface area contributed by atoms with Crippen molar-refractivity contribution in [2.24, 2.45) is 0 Å². The van der Waals surface area contributed by atoms with Crippen LogP contribution < -0.4 is 10.0 Å². The fraction of sp³-hybridized carbons (Fsp3) is 0.300. The molecule has 0 spiro atoms. The molecule has 114 valence electrons. The van der Waals surface area contributed by atoms with Gasteiger partial charge in [-0.1, -0.05) is 0 Å². The van der Waals surface area contributed by atoms with E-state index in [0.717, 1.165) is 5.69 Å². The predicted octanol–water partition coefficient (Wildman–Crippen LogP) is 1.81. The first-order chi connectivity index (χ1) is 9.80. The maximum Gasteiger partial charge on any atom is 0.233 e. The number of hydrogen-bond acceptors (Lipinski definition) is 6. The summed E-state index contributed by atoms with van der Waals surface area (Å²) in [6.45, 7) is 3.18. The lowest BCUT2D eigenvalue weighted by molar-refractivity contribution is 0.598. The van der Waals surface area contributed by atoms with Crippen molar-refractivity contribution in [3.8, 4) is 0 Å². The van der Waals surface area contributed by atoms with Crippen molar-refractivity contribution >= 4 is 39.1 Å². The Kier molecular flexibility index (Phi) is 4.28. The van der Waals surface area contributed by atoms with Crippen molar-refractivity contribution in [1.82, 2.24) is 20.2 Å². The number of sulfonamides is 1. The Balaban J connectivity index is 2.36. The maximum atomic E-state index is 14.2. The number of aryl methyl sites for hydroxylation is 1. The molecule has 2 heterocycles. The Bertz CT molecular complexity index is 763. The minimum atomic E-state index is -3.69. The molecular weight excluding hydrogens is 323 g/mol. The van der Waals surface area contributed by atoms with E-state index in [-0.39, 0.29) is 16.9 Å². The molecule has 11 heteroatoms. The summed E-state index contributed by atoms with van der Waals surface area (Å²) in [6.07, 6.45) is 0. The van der Waals surface area contributed by atoms with Gasteiger partial charge in [0.25, 0.3) is 0 Å². The molecule has 0 aliphatic carbocycles. The van der Waals surface area contributed by atoms with Crippen molar-refractivity contribution < 1.29 is 12.8 Å². The van der Waals surface area contributed by atoms with Crippen LogP contribution in [0, 0.1) is 12.7 Å². The van der Waals surface area contributed by atoms with Gasteiger partial charge in [0.2, 0.25) is 21.1 Å². The smallest absolute Gasteiger partial charge is 0.233 e. The Morgan fingerprint density at radius 1 is 1.38 bits per heavy atom. The van der Waals surface area contributed by atoms with Crippen LogP contribution in [-0.2, 0) is 10.0 Å². The fourth-order valence-electron chi connectivity index (χ4n) is 1.39. The third kappa shape index (κ3) is 3.79. The highest BCUT2D eigenvalue weighted by molar-refractivity contribution is 7.92. The first-order valence-corrected chi connectivity index (χ1v) is 7.86. The Hall–Kier alpha value is -1.94. The molecule has 0 amide bonds. The molecule has 2 aromatic heterocycles. The molecule has 0 fully saturated rings. The molecule has 2 rings (SSSR count). The molecule has 21 heavy (non-hydrogen) atoms. The number of anilines is 3. The Morgan fingerprint density at radius 2 is 2.05 bits per heavy atom. The lowest BCUT2D eigenvalue weighted by Crippen LogP contribution is -2.17. The van der Waals surface area contributed by atoms with Crippen LogP contribution in [0.3, 0.4) is 0 Å². The highest BCUT2D eigenvalue weighted by Crippen LogP contribution is 2.24. The van der Waals surface area contributed by atoms with Crippen molar-refractivity contribution in [2.45, 2.75) is 13.8 Å². The quantitative estimate of drug-likeness (QED) is 0.719. The summed E-state index contributed by atoms with van der Waals surface area (Å²) >= 11 is 5.67. The molecule has 0 aliphatic rings. The third-order valence-corrected chi connectivity index (χ3v) is 3.84. The number of aromatic nitrogens is 4. The Labute approximate surface area is 125 Å². The SMILES string of the molecule is CCS(=O)(=O)Nc1nc(Cl)nc(Nc2cc(C)[nH]n2)c1F. The number of H-pyrrole nitrogens is 1. The maximum absolute atomic E-state index is 14.2. The molecule has 0 aromatic carbocycles. The van der Waals surface area contributed by atoms with Crippen molar-refractivity contribution in [3.63, 3.8) is 0 Å². The van der Waals surface area contributed by atoms with E-state index in [1.54, 1.807) is 13.0 Å². The normalized spacial score (nSPS) is 11.4. The second-order valence-corrected chi connectivity index (χ2v) is 6.42. The number of rotatable bonds is 5. The molecule has 8 nitrogen and oxygen atoms in total. The standard InChI is InChI=1S/C10H12ClFN6O2S/c1-3-21(19,20)18-9-7(12)8(14-10(11)15-9)13-6-4-5(2)16-17-6/h4H,3H2,1-2H3,(H3,13,14,15,16,17,18). The van der Waals surface area contributed by atoms with Crippen LogP contribution in [-0.4, -0.2) is 34.3 Å². The number of nitrogens with zero attached hydrogens (tertiary/aromatic N) is 3. The second kappa shape index (κ2) is 5.82. The molecule has 0 radical (unpaired) electrons. The van der Waals surface area contributed by atoms with Gasteiger partial charge < -0.3 is 5.32 Å². The summed E-state index contributed by atoms with van der Waals surface area (Å²) in [6, 6.07) is 1.62. The van der Waals surface area contributed by atoms with Crippen LogP contribution in [0.5, 0.6) is 0 Å². The molecule has 0 atom stereocenters. The predicted molar refractivity (Wildman–Crippen MR) is 76.7 cm³/mol. The number of aromatic amines is 1. The van der Waals surface area contributed by atoms with Crippen LogP contribution in [0.1, 0.15) is 12.6 Å². The molecule has 3 N–H and O–H groups in total. The van der Waals surface area contributed by atoms with Gasteiger partial charge in [0.15, 0.2) is 17.5 Å². The molecule has 0 unspecified atom stereocenters. The topological polar surface area (TPSA) is 113 Å². The van der Waals surface area contributed by atoms with Crippen molar-refractivity contribution in [1.29, 1.82) is 0 Å². The van der Waals surface area contributed by atoms with E-state index in [2.05, 4.69) is 25.5 Å². The van der Waals surface area contributed by atoms with Gasteiger partial charge in [0.05, 0.1) is 5.75 Å². The minimum Gasteiger partial charge on any atom is -0.321 e. The van der Waals surface area contributed by atoms with E-state index in [1.165, 1.54) is 6.92 Å². The van der Waals surface area contributed by atoms with Crippen LogP contribution in [0.25, 0.3) is 0 Å². The van der Waals surface area contributed by atoms with E-state index in [1.807, 2.05) is 4.72 Å². The largest absolute Gasteiger partial charge is 0.321 e. The average molecular weight is 335 g/mol. The molecule has 0 saturated carbocycles. The van der Waals surface area contributed by atoms with Crippen LogP contribution in [0.15, 0.2) is 6.07 Å². The lowest BCUT2D eigenvalue weighted by Gasteiger charge is -2.09. The summed E-state index contributed by atoms with van der Waals surface area (Å²) in [5.41, 5.74) is 0.755. The zero-order valence-corrected chi connectivity index (χ0v) is 12.7. The van der Waals surface area contributed by atoms with Gasteiger partial charge in [-0.25, -0.2) is 8.42 Å². The fourth-order valence-corrected chi connectivity index (χ4v) is 2.14. The second-order valence-electron chi connectivity index (χ2n) is 4.07. The first-order valence-electron chi connectivity index (χ1n) is 5.83. The van der Waals surface area contributed by atoms with Crippen LogP contribution in [0.4, 0.5) is 21.8 Å². The number of nitrogens with one attached hydrogen (secondary N) is 3. The zero-order chi connectivity index (χ0) is 15.6. The van der Waals surface area contributed by atoms with E-state index in [0.29, 0.717) is 5.82 Å². The van der Waals surface area contributed by atoms with Crippen molar-refractivity contribution in [2.75, 3.05) is 15.8 Å². The molecular formula is C10H12ClFN6O2S. The number of hydrogen-bond donors (Lipinski definition) is 3. The minimum absolute atomic E-state index is 0.227. The summed E-state index contributed by atoms with van der Waals surface area (Å²) in [7, 11) is -3.69. The molecule has 0 aliphatic heterocycles. The molecule has 0 saturated heterocycles.